The second kappa shape index (κ2) is 5.87. The summed E-state index contributed by atoms with van der Waals surface area (Å²) in [5.41, 5.74) is 1.42. The molecule has 1 N–H and O–H groups in total. The molecule has 0 aliphatic carbocycles. The highest BCUT2D eigenvalue weighted by atomic mass is 32.1. The zero-order valence-electron chi connectivity index (χ0n) is 9.48. The van der Waals surface area contributed by atoms with E-state index >= 15 is 0 Å². The number of nitrogens with one attached hydrogen (secondary N) is 1. The van der Waals surface area contributed by atoms with E-state index in [0.29, 0.717) is 6.04 Å². The second-order valence-electron chi connectivity index (χ2n) is 4.02. The quantitative estimate of drug-likeness (QED) is 0.832. The third kappa shape index (κ3) is 3.51. The Hall–Kier alpha value is -1.06. The average molecular weight is 235 g/mol. The number of hydrogen-bond acceptors (Lipinski definition) is 3. The summed E-state index contributed by atoms with van der Waals surface area (Å²) >= 11 is 1.76. The van der Waals surface area contributed by atoms with Crippen molar-refractivity contribution >= 4 is 11.3 Å². The Morgan fingerprint density at radius 1 is 1.44 bits per heavy atom. The molecule has 0 saturated carbocycles. The minimum absolute atomic E-state index is 0.463. The molecule has 0 bridgehead atoms. The van der Waals surface area contributed by atoms with Crippen molar-refractivity contribution in [2.24, 2.45) is 0 Å². The lowest BCUT2D eigenvalue weighted by atomic mass is 10.2. The Kier molecular flexibility index (Phi) is 4.19. The van der Waals surface area contributed by atoms with Crippen molar-refractivity contribution < 1.29 is 4.42 Å². The summed E-state index contributed by atoms with van der Waals surface area (Å²) in [5.74, 6) is 1.05. The molecule has 0 amide bonds. The third-order valence-corrected chi connectivity index (χ3v) is 3.31. The van der Waals surface area contributed by atoms with E-state index < -0.39 is 0 Å². The van der Waals surface area contributed by atoms with Gasteiger partial charge in [0.2, 0.25) is 0 Å². The summed E-state index contributed by atoms with van der Waals surface area (Å²) in [6.07, 6.45) is 3.79. The van der Waals surface area contributed by atoms with E-state index in [1.54, 1.807) is 17.6 Å². The van der Waals surface area contributed by atoms with Gasteiger partial charge in [-0.1, -0.05) is 0 Å². The van der Waals surface area contributed by atoms with Crippen LogP contribution in [-0.4, -0.2) is 12.6 Å². The topological polar surface area (TPSA) is 25.2 Å². The molecule has 86 valence electrons. The van der Waals surface area contributed by atoms with Crippen LogP contribution in [0.1, 0.15) is 18.2 Å². The molecule has 2 rings (SSSR count). The van der Waals surface area contributed by atoms with Crippen LogP contribution in [0.15, 0.2) is 39.6 Å². The van der Waals surface area contributed by atoms with Crippen molar-refractivity contribution in [1.29, 1.82) is 0 Å². The minimum atomic E-state index is 0.463. The standard InChI is InChI=1S/C13H17NOS/c1-11(9-13-3-2-7-15-13)14-6-4-12-5-8-16-10-12/h2-3,5,7-8,10-11,14H,4,6,9H2,1H3. The van der Waals surface area contributed by atoms with Crippen LogP contribution in [-0.2, 0) is 12.8 Å². The monoisotopic (exact) mass is 235 g/mol. The van der Waals surface area contributed by atoms with Gasteiger partial charge in [-0.05, 0) is 54.4 Å². The predicted molar refractivity (Wildman–Crippen MR) is 67.9 cm³/mol. The minimum Gasteiger partial charge on any atom is -0.469 e. The number of furan rings is 1. The molecule has 2 nitrogen and oxygen atoms in total. The summed E-state index contributed by atoms with van der Waals surface area (Å²) in [7, 11) is 0. The van der Waals surface area contributed by atoms with Gasteiger partial charge in [0.15, 0.2) is 0 Å². The molecule has 1 atom stereocenters. The number of thiophene rings is 1. The van der Waals surface area contributed by atoms with Gasteiger partial charge in [-0.25, -0.2) is 0 Å². The second-order valence-corrected chi connectivity index (χ2v) is 4.80. The van der Waals surface area contributed by atoms with Crippen LogP contribution in [0.5, 0.6) is 0 Å². The summed E-state index contributed by atoms with van der Waals surface area (Å²) in [6, 6.07) is 6.61. The maximum absolute atomic E-state index is 5.32. The van der Waals surface area contributed by atoms with Crippen LogP contribution in [0, 0.1) is 0 Å². The van der Waals surface area contributed by atoms with E-state index in [1.165, 1.54) is 5.56 Å². The Balaban J connectivity index is 1.66. The van der Waals surface area contributed by atoms with E-state index in [4.69, 9.17) is 4.42 Å². The first-order chi connectivity index (χ1) is 7.84. The summed E-state index contributed by atoms with van der Waals surface area (Å²) < 4.78 is 5.32. The normalized spacial score (nSPS) is 12.8. The fourth-order valence-electron chi connectivity index (χ4n) is 1.70. The largest absolute Gasteiger partial charge is 0.469 e. The van der Waals surface area contributed by atoms with Crippen molar-refractivity contribution in [3.63, 3.8) is 0 Å². The molecular formula is C13H17NOS. The van der Waals surface area contributed by atoms with E-state index in [1.807, 2.05) is 12.1 Å². The van der Waals surface area contributed by atoms with E-state index in [-0.39, 0.29) is 0 Å². The fraction of sp³-hybridized carbons (Fsp3) is 0.385. The molecule has 2 aromatic heterocycles. The van der Waals surface area contributed by atoms with Gasteiger partial charge < -0.3 is 9.73 Å². The van der Waals surface area contributed by atoms with Gasteiger partial charge >= 0.3 is 0 Å². The summed E-state index contributed by atoms with van der Waals surface area (Å²) in [5, 5.41) is 7.84. The Bertz CT molecular complexity index is 380. The van der Waals surface area contributed by atoms with Gasteiger partial charge in [0.1, 0.15) is 5.76 Å². The predicted octanol–water partition coefficient (Wildman–Crippen LogP) is 3.10. The van der Waals surface area contributed by atoms with Gasteiger partial charge in [0.25, 0.3) is 0 Å². The lowest BCUT2D eigenvalue weighted by Gasteiger charge is -2.11. The van der Waals surface area contributed by atoms with Crippen molar-refractivity contribution in [2.75, 3.05) is 6.54 Å². The Morgan fingerprint density at radius 3 is 3.06 bits per heavy atom. The van der Waals surface area contributed by atoms with Crippen molar-refractivity contribution in [1.82, 2.24) is 5.32 Å². The number of rotatable bonds is 6. The SMILES string of the molecule is CC(Cc1ccco1)NCCc1ccsc1. The molecular weight excluding hydrogens is 218 g/mol. The highest BCUT2D eigenvalue weighted by Gasteiger charge is 2.04. The lowest BCUT2D eigenvalue weighted by Crippen LogP contribution is -2.29. The molecule has 0 aliphatic rings. The van der Waals surface area contributed by atoms with E-state index in [0.717, 1.165) is 25.1 Å². The van der Waals surface area contributed by atoms with Crippen LogP contribution in [0.3, 0.4) is 0 Å². The Morgan fingerprint density at radius 2 is 2.38 bits per heavy atom. The summed E-state index contributed by atoms with van der Waals surface area (Å²) in [4.78, 5) is 0. The molecule has 0 saturated heterocycles. The smallest absolute Gasteiger partial charge is 0.105 e. The van der Waals surface area contributed by atoms with Crippen molar-refractivity contribution in [3.8, 4) is 0 Å². The Labute approximate surface area is 100 Å². The van der Waals surface area contributed by atoms with Gasteiger partial charge in [0, 0.05) is 12.5 Å². The van der Waals surface area contributed by atoms with E-state index in [9.17, 15) is 0 Å². The molecule has 0 aromatic carbocycles. The van der Waals surface area contributed by atoms with E-state index in [2.05, 4.69) is 29.1 Å². The fourth-order valence-corrected chi connectivity index (χ4v) is 2.40. The van der Waals surface area contributed by atoms with Gasteiger partial charge in [-0.3, -0.25) is 0 Å². The third-order valence-electron chi connectivity index (χ3n) is 2.57. The number of hydrogen-bond donors (Lipinski definition) is 1. The zero-order valence-corrected chi connectivity index (χ0v) is 10.3. The van der Waals surface area contributed by atoms with Crippen LogP contribution >= 0.6 is 11.3 Å². The van der Waals surface area contributed by atoms with Crippen LogP contribution < -0.4 is 5.32 Å². The average Bonchev–Trinajstić information content (AvgIpc) is 2.90. The molecule has 0 aliphatic heterocycles. The molecule has 2 heterocycles. The first-order valence-electron chi connectivity index (χ1n) is 5.61. The maximum atomic E-state index is 5.32. The van der Waals surface area contributed by atoms with Crippen molar-refractivity contribution in [3.05, 3.63) is 46.5 Å². The maximum Gasteiger partial charge on any atom is 0.105 e. The highest BCUT2D eigenvalue weighted by molar-refractivity contribution is 7.07. The van der Waals surface area contributed by atoms with Crippen LogP contribution in [0.25, 0.3) is 0 Å². The molecule has 0 spiro atoms. The molecule has 1 unspecified atom stereocenters. The molecule has 2 aromatic rings. The first kappa shape index (κ1) is 11.4. The van der Waals surface area contributed by atoms with Crippen molar-refractivity contribution in [2.45, 2.75) is 25.8 Å². The first-order valence-corrected chi connectivity index (χ1v) is 6.55. The summed E-state index contributed by atoms with van der Waals surface area (Å²) in [6.45, 7) is 3.22. The van der Waals surface area contributed by atoms with Gasteiger partial charge in [-0.15, -0.1) is 0 Å². The zero-order chi connectivity index (χ0) is 11.2. The molecule has 16 heavy (non-hydrogen) atoms. The lowest BCUT2D eigenvalue weighted by molar-refractivity contribution is 0.458. The molecule has 3 heteroatoms. The van der Waals surface area contributed by atoms with Crippen LogP contribution in [0.4, 0.5) is 0 Å². The van der Waals surface area contributed by atoms with Gasteiger partial charge in [-0.2, -0.15) is 11.3 Å². The van der Waals surface area contributed by atoms with Gasteiger partial charge in [0.05, 0.1) is 6.26 Å². The highest BCUT2D eigenvalue weighted by Crippen LogP contribution is 2.07. The molecule has 0 radical (unpaired) electrons. The van der Waals surface area contributed by atoms with Crippen LogP contribution in [0.2, 0.25) is 0 Å². The molecule has 0 fully saturated rings.